The lowest BCUT2D eigenvalue weighted by molar-refractivity contribution is 0.411. The topological polar surface area (TPSA) is 66.0 Å². The lowest BCUT2D eigenvalue weighted by Gasteiger charge is -2.09. The lowest BCUT2D eigenvalue weighted by atomic mass is 10.1. The van der Waals surface area contributed by atoms with E-state index in [4.69, 9.17) is 10.5 Å². The van der Waals surface area contributed by atoms with Gasteiger partial charge >= 0.3 is 0 Å². The summed E-state index contributed by atoms with van der Waals surface area (Å²) in [6.07, 6.45) is 0. The number of nitrogens with two attached hydrogens (primary N) is 1. The quantitative estimate of drug-likeness (QED) is 0.846. The first-order chi connectivity index (χ1) is 9.15. The number of aromatic nitrogens is 3. The monoisotopic (exact) mass is 278 g/mol. The minimum atomic E-state index is 0.401. The molecule has 1 heterocycles. The number of rotatable bonds is 5. The Labute approximate surface area is 117 Å². The Morgan fingerprint density at radius 1 is 1.37 bits per heavy atom. The first-order valence-electron chi connectivity index (χ1n) is 6.00. The first-order valence-corrected chi connectivity index (χ1v) is 6.99. The van der Waals surface area contributed by atoms with E-state index in [9.17, 15) is 0 Å². The van der Waals surface area contributed by atoms with Crippen molar-refractivity contribution in [2.45, 2.75) is 24.4 Å². The fraction of sp³-hybridized carbons (Fsp3) is 0.385. The molecule has 6 heteroatoms. The molecule has 0 saturated carbocycles. The summed E-state index contributed by atoms with van der Waals surface area (Å²) in [6, 6.07) is 6.17. The van der Waals surface area contributed by atoms with Gasteiger partial charge in [0.1, 0.15) is 11.6 Å². The number of methoxy groups -OCH3 is 1. The Balaban J connectivity index is 2.13. The number of benzene rings is 1. The Morgan fingerprint density at radius 2 is 2.16 bits per heavy atom. The van der Waals surface area contributed by atoms with Crippen molar-refractivity contribution in [1.29, 1.82) is 0 Å². The van der Waals surface area contributed by atoms with Crippen LogP contribution in [-0.2, 0) is 19.3 Å². The highest BCUT2D eigenvalue weighted by molar-refractivity contribution is 7.98. The van der Waals surface area contributed by atoms with Gasteiger partial charge in [0.25, 0.3) is 0 Å². The van der Waals surface area contributed by atoms with Crippen LogP contribution >= 0.6 is 11.8 Å². The standard InChI is InChI=1S/C13H18N4OS/c1-9-4-5-11(18-3)10(6-9)8-19-13-16-15-12(7-14)17(13)2/h4-6H,7-8,14H2,1-3H3. The van der Waals surface area contributed by atoms with Gasteiger partial charge in [-0.15, -0.1) is 10.2 Å². The third-order valence-electron chi connectivity index (χ3n) is 2.90. The maximum absolute atomic E-state index is 5.58. The Bertz CT molecular complexity index is 568. The Kier molecular flexibility index (Phi) is 4.44. The van der Waals surface area contributed by atoms with Gasteiger partial charge in [-0.3, -0.25) is 0 Å². The molecule has 1 aromatic carbocycles. The number of aryl methyl sites for hydroxylation is 1. The summed E-state index contributed by atoms with van der Waals surface area (Å²) < 4.78 is 7.29. The predicted octanol–water partition coefficient (Wildman–Crippen LogP) is 1.88. The van der Waals surface area contributed by atoms with Gasteiger partial charge in [0.05, 0.1) is 13.7 Å². The van der Waals surface area contributed by atoms with E-state index in [1.165, 1.54) is 5.56 Å². The zero-order valence-corrected chi connectivity index (χ0v) is 12.2. The molecule has 102 valence electrons. The maximum Gasteiger partial charge on any atom is 0.191 e. The van der Waals surface area contributed by atoms with Gasteiger partial charge in [0, 0.05) is 18.4 Å². The molecule has 19 heavy (non-hydrogen) atoms. The van der Waals surface area contributed by atoms with Crippen molar-refractivity contribution >= 4 is 11.8 Å². The summed E-state index contributed by atoms with van der Waals surface area (Å²) in [4.78, 5) is 0. The van der Waals surface area contributed by atoms with E-state index >= 15 is 0 Å². The van der Waals surface area contributed by atoms with E-state index in [2.05, 4.69) is 23.2 Å². The van der Waals surface area contributed by atoms with E-state index < -0.39 is 0 Å². The predicted molar refractivity (Wildman–Crippen MR) is 76.2 cm³/mol. The van der Waals surface area contributed by atoms with Crippen molar-refractivity contribution < 1.29 is 4.74 Å². The number of nitrogens with zero attached hydrogens (tertiary/aromatic N) is 3. The van der Waals surface area contributed by atoms with Crippen molar-refractivity contribution in [3.05, 3.63) is 35.2 Å². The average molecular weight is 278 g/mol. The fourth-order valence-corrected chi connectivity index (χ4v) is 2.72. The van der Waals surface area contributed by atoms with Gasteiger partial charge < -0.3 is 15.0 Å². The van der Waals surface area contributed by atoms with Gasteiger partial charge in [0.15, 0.2) is 5.16 Å². The van der Waals surface area contributed by atoms with Crippen molar-refractivity contribution in [2.75, 3.05) is 7.11 Å². The highest BCUT2D eigenvalue weighted by atomic mass is 32.2. The van der Waals surface area contributed by atoms with Crippen LogP contribution in [0.5, 0.6) is 5.75 Å². The molecule has 0 fully saturated rings. The van der Waals surface area contributed by atoms with Crippen molar-refractivity contribution in [3.8, 4) is 5.75 Å². The first kappa shape index (κ1) is 13.9. The van der Waals surface area contributed by atoms with Crippen LogP contribution < -0.4 is 10.5 Å². The highest BCUT2D eigenvalue weighted by Gasteiger charge is 2.10. The SMILES string of the molecule is COc1ccc(C)cc1CSc1nnc(CN)n1C. The van der Waals surface area contributed by atoms with Gasteiger partial charge in [-0.2, -0.15) is 0 Å². The van der Waals surface area contributed by atoms with Crippen molar-refractivity contribution in [2.24, 2.45) is 12.8 Å². The lowest BCUT2D eigenvalue weighted by Crippen LogP contribution is -2.05. The van der Waals surface area contributed by atoms with E-state index in [0.717, 1.165) is 28.0 Å². The van der Waals surface area contributed by atoms with Crippen LogP contribution in [0.1, 0.15) is 17.0 Å². The molecule has 0 unspecified atom stereocenters. The smallest absolute Gasteiger partial charge is 0.191 e. The molecule has 0 spiro atoms. The van der Waals surface area contributed by atoms with Crippen molar-refractivity contribution in [3.63, 3.8) is 0 Å². The van der Waals surface area contributed by atoms with Crippen LogP contribution in [0.2, 0.25) is 0 Å². The maximum atomic E-state index is 5.58. The molecule has 0 aliphatic rings. The van der Waals surface area contributed by atoms with E-state index in [-0.39, 0.29) is 0 Å². The van der Waals surface area contributed by atoms with Crippen molar-refractivity contribution in [1.82, 2.24) is 14.8 Å². The van der Waals surface area contributed by atoms with Crippen LogP contribution in [0.3, 0.4) is 0 Å². The molecule has 0 aliphatic carbocycles. The minimum Gasteiger partial charge on any atom is -0.496 e. The fourth-order valence-electron chi connectivity index (χ4n) is 1.81. The molecule has 2 aromatic rings. The molecule has 0 atom stereocenters. The molecule has 0 amide bonds. The molecule has 0 aliphatic heterocycles. The number of hydrogen-bond acceptors (Lipinski definition) is 5. The Morgan fingerprint density at radius 3 is 2.79 bits per heavy atom. The van der Waals surface area contributed by atoms with E-state index in [1.807, 2.05) is 23.7 Å². The molecular formula is C13H18N4OS. The zero-order valence-electron chi connectivity index (χ0n) is 11.4. The molecule has 0 bridgehead atoms. The molecule has 5 nitrogen and oxygen atoms in total. The summed E-state index contributed by atoms with van der Waals surface area (Å²) in [5.74, 6) is 2.49. The van der Waals surface area contributed by atoms with Gasteiger partial charge in [-0.1, -0.05) is 29.5 Å². The average Bonchev–Trinajstić information content (AvgIpc) is 2.77. The number of hydrogen-bond donors (Lipinski definition) is 1. The van der Waals surface area contributed by atoms with Crippen LogP contribution in [0.15, 0.2) is 23.4 Å². The minimum absolute atomic E-state index is 0.401. The molecule has 2 rings (SSSR count). The summed E-state index contributed by atoms with van der Waals surface area (Å²) in [6.45, 7) is 2.47. The summed E-state index contributed by atoms with van der Waals surface area (Å²) in [7, 11) is 3.62. The number of ether oxygens (including phenoxy) is 1. The van der Waals surface area contributed by atoms with Crippen LogP contribution in [0.25, 0.3) is 0 Å². The second-order valence-corrected chi connectivity index (χ2v) is 5.21. The zero-order chi connectivity index (χ0) is 13.8. The van der Waals surface area contributed by atoms with E-state index in [1.54, 1.807) is 18.9 Å². The second kappa shape index (κ2) is 6.08. The molecule has 0 saturated heterocycles. The number of thioether (sulfide) groups is 1. The summed E-state index contributed by atoms with van der Waals surface area (Å²) >= 11 is 1.63. The third kappa shape index (κ3) is 3.08. The van der Waals surface area contributed by atoms with Gasteiger partial charge in [-0.25, -0.2) is 0 Å². The van der Waals surface area contributed by atoms with Crippen LogP contribution in [0, 0.1) is 6.92 Å². The third-order valence-corrected chi connectivity index (χ3v) is 3.97. The van der Waals surface area contributed by atoms with Gasteiger partial charge in [0.2, 0.25) is 0 Å². The normalized spacial score (nSPS) is 10.7. The van der Waals surface area contributed by atoms with Crippen LogP contribution in [0.4, 0.5) is 0 Å². The highest BCUT2D eigenvalue weighted by Crippen LogP contribution is 2.27. The van der Waals surface area contributed by atoms with E-state index in [0.29, 0.717) is 6.54 Å². The molecule has 1 aromatic heterocycles. The largest absolute Gasteiger partial charge is 0.496 e. The van der Waals surface area contributed by atoms with Crippen LogP contribution in [-0.4, -0.2) is 21.9 Å². The summed E-state index contributed by atoms with van der Waals surface area (Å²) in [5, 5.41) is 9.04. The van der Waals surface area contributed by atoms with Gasteiger partial charge in [-0.05, 0) is 13.0 Å². The summed E-state index contributed by atoms with van der Waals surface area (Å²) in [5.41, 5.74) is 7.96. The molecular weight excluding hydrogens is 260 g/mol. The molecule has 0 radical (unpaired) electrons. The second-order valence-electron chi connectivity index (χ2n) is 4.27. The Hall–Kier alpha value is -1.53. The molecule has 2 N–H and O–H groups in total.